The smallest absolute Gasteiger partial charge is 0.137 e. The van der Waals surface area contributed by atoms with E-state index in [4.69, 9.17) is 34.5 Å². The Bertz CT molecular complexity index is 808. The van der Waals surface area contributed by atoms with Gasteiger partial charge in [-0.05, 0) is 24.3 Å². The van der Waals surface area contributed by atoms with E-state index in [2.05, 4.69) is 0 Å². The van der Waals surface area contributed by atoms with Crippen molar-refractivity contribution in [2.45, 2.75) is 12.8 Å². The molecule has 5 heteroatoms. The van der Waals surface area contributed by atoms with Crippen molar-refractivity contribution in [2.75, 3.05) is 0 Å². The Kier molecular flexibility index (Phi) is 3.66. The second-order valence-corrected chi connectivity index (χ2v) is 5.81. The van der Waals surface area contributed by atoms with Crippen LogP contribution in [0.4, 0.5) is 0 Å². The second-order valence-electron chi connectivity index (χ2n) is 4.91. The van der Waals surface area contributed by atoms with Crippen LogP contribution in [0.3, 0.4) is 0 Å². The van der Waals surface area contributed by atoms with Gasteiger partial charge in [0.05, 0.1) is 16.4 Å². The fourth-order valence-corrected chi connectivity index (χ4v) is 2.62. The average molecular weight is 316 g/mol. The van der Waals surface area contributed by atoms with Crippen molar-refractivity contribution < 1.29 is 0 Å². The molecule has 1 unspecified atom stereocenters. The van der Waals surface area contributed by atoms with E-state index in [1.165, 1.54) is 0 Å². The van der Waals surface area contributed by atoms with E-state index in [1.807, 2.05) is 60.0 Å². The summed E-state index contributed by atoms with van der Waals surface area (Å²) in [5.74, 6) is -0.0666. The van der Waals surface area contributed by atoms with Gasteiger partial charge in [0, 0.05) is 22.7 Å². The fraction of sp³-hybridized carbons (Fsp3) is 0.125. The highest BCUT2D eigenvalue weighted by atomic mass is 35.5. The third-order valence-electron chi connectivity index (χ3n) is 3.52. The summed E-state index contributed by atoms with van der Waals surface area (Å²) in [6, 6.07) is 13.5. The van der Waals surface area contributed by atoms with Gasteiger partial charge in [0.15, 0.2) is 0 Å². The van der Waals surface area contributed by atoms with Gasteiger partial charge in [-0.1, -0.05) is 48.9 Å². The predicted molar refractivity (Wildman–Crippen MR) is 90.8 cm³/mol. The monoisotopic (exact) mass is 315 g/mol. The third-order valence-corrected chi connectivity index (χ3v) is 4.13. The van der Waals surface area contributed by atoms with Gasteiger partial charge in [0.1, 0.15) is 5.65 Å². The maximum atomic E-state index is 5.96. The van der Waals surface area contributed by atoms with Gasteiger partial charge in [-0.2, -0.15) is 0 Å². The van der Waals surface area contributed by atoms with Crippen LogP contribution in [-0.2, 0) is 0 Å². The van der Waals surface area contributed by atoms with E-state index in [0.29, 0.717) is 10.0 Å². The number of nitrogens with zero attached hydrogens (tertiary/aromatic N) is 2. The highest BCUT2D eigenvalue weighted by molar-refractivity contribution is 7.80. The van der Waals surface area contributed by atoms with E-state index in [-0.39, 0.29) is 5.92 Å². The Hall–Kier alpha value is -1.91. The Morgan fingerprint density at radius 3 is 2.62 bits per heavy atom. The minimum Gasteiger partial charge on any atom is -0.393 e. The molecule has 106 valence electrons. The minimum atomic E-state index is -0.0666. The molecular formula is C16H14ClN3S. The van der Waals surface area contributed by atoms with Crippen molar-refractivity contribution >= 4 is 34.5 Å². The number of halogens is 1. The molecule has 21 heavy (non-hydrogen) atoms. The summed E-state index contributed by atoms with van der Waals surface area (Å²) in [4.78, 5) is 5.18. The van der Waals surface area contributed by atoms with Crippen molar-refractivity contribution in [1.82, 2.24) is 9.38 Å². The van der Waals surface area contributed by atoms with Crippen molar-refractivity contribution in [1.29, 1.82) is 0 Å². The first-order valence-corrected chi connectivity index (χ1v) is 7.39. The summed E-state index contributed by atoms with van der Waals surface area (Å²) in [6.45, 7) is 2.00. The molecule has 0 spiro atoms. The van der Waals surface area contributed by atoms with Crippen LogP contribution in [0.15, 0.2) is 48.7 Å². The number of aromatic nitrogens is 2. The fourth-order valence-electron chi connectivity index (χ4n) is 2.38. The van der Waals surface area contributed by atoms with Crippen molar-refractivity contribution in [2.24, 2.45) is 5.73 Å². The van der Waals surface area contributed by atoms with Crippen LogP contribution in [0, 0.1) is 0 Å². The van der Waals surface area contributed by atoms with Gasteiger partial charge in [-0.3, -0.25) is 0 Å². The van der Waals surface area contributed by atoms with Crippen molar-refractivity contribution in [3.8, 4) is 11.3 Å². The van der Waals surface area contributed by atoms with Gasteiger partial charge in [0.2, 0.25) is 0 Å². The largest absolute Gasteiger partial charge is 0.393 e. The maximum Gasteiger partial charge on any atom is 0.137 e. The molecule has 0 aliphatic rings. The molecule has 3 rings (SSSR count). The van der Waals surface area contributed by atoms with E-state index in [9.17, 15) is 0 Å². The molecule has 0 aliphatic heterocycles. The van der Waals surface area contributed by atoms with E-state index in [1.54, 1.807) is 0 Å². The molecule has 1 atom stereocenters. The summed E-state index contributed by atoms with van der Waals surface area (Å²) in [7, 11) is 0. The zero-order valence-electron chi connectivity index (χ0n) is 11.5. The van der Waals surface area contributed by atoms with E-state index in [0.717, 1.165) is 22.6 Å². The van der Waals surface area contributed by atoms with Crippen LogP contribution in [0.5, 0.6) is 0 Å². The first-order chi connectivity index (χ1) is 10.1. The number of hydrogen-bond donors (Lipinski definition) is 1. The standard InChI is InChI=1S/C16H14ClN3S/c1-10(16(18)21)15-14(11-5-7-12(17)8-6-11)19-13-4-2-3-9-20(13)15/h2-10H,1H3,(H2,18,21). The molecule has 2 aromatic heterocycles. The molecule has 0 bridgehead atoms. The van der Waals surface area contributed by atoms with E-state index >= 15 is 0 Å². The van der Waals surface area contributed by atoms with Crippen LogP contribution in [-0.4, -0.2) is 14.4 Å². The lowest BCUT2D eigenvalue weighted by molar-refractivity contribution is 0.930. The Morgan fingerprint density at radius 1 is 1.24 bits per heavy atom. The van der Waals surface area contributed by atoms with Gasteiger partial charge < -0.3 is 10.1 Å². The summed E-state index contributed by atoms with van der Waals surface area (Å²) in [5, 5.41) is 0.700. The number of rotatable bonds is 3. The molecule has 0 fully saturated rings. The zero-order valence-corrected chi connectivity index (χ0v) is 13.0. The predicted octanol–water partition coefficient (Wildman–Crippen LogP) is 4.04. The topological polar surface area (TPSA) is 43.3 Å². The summed E-state index contributed by atoms with van der Waals surface area (Å²) in [6.07, 6.45) is 1.98. The molecule has 2 heterocycles. The SMILES string of the molecule is CC(C(N)=S)c1c(-c2ccc(Cl)cc2)nc2ccccn12. The lowest BCUT2D eigenvalue weighted by Crippen LogP contribution is -2.18. The van der Waals surface area contributed by atoms with Crippen LogP contribution in [0.2, 0.25) is 5.02 Å². The number of pyridine rings is 1. The van der Waals surface area contributed by atoms with E-state index < -0.39 is 0 Å². The van der Waals surface area contributed by atoms with Gasteiger partial charge in [0.25, 0.3) is 0 Å². The number of benzene rings is 1. The average Bonchev–Trinajstić information content (AvgIpc) is 2.86. The zero-order chi connectivity index (χ0) is 15.0. The molecule has 0 aliphatic carbocycles. The maximum absolute atomic E-state index is 5.96. The Labute approximate surface area is 133 Å². The number of imidazole rings is 1. The number of hydrogen-bond acceptors (Lipinski definition) is 2. The Morgan fingerprint density at radius 2 is 1.95 bits per heavy atom. The molecule has 3 nitrogen and oxygen atoms in total. The summed E-state index contributed by atoms with van der Waals surface area (Å²) >= 11 is 11.1. The lowest BCUT2D eigenvalue weighted by atomic mass is 10.0. The van der Waals surface area contributed by atoms with Gasteiger partial charge in [-0.15, -0.1) is 0 Å². The number of nitrogens with two attached hydrogens (primary N) is 1. The van der Waals surface area contributed by atoms with Crippen LogP contribution in [0.25, 0.3) is 16.9 Å². The lowest BCUT2D eigenvalue weighted by Gasteiger charge is -2.12. The molecule has 1 aromatic carbocycles. The third kappa shape index (κ3) is 2.52. The van der Waals surface area contributed by atoms with Crippen LogP contribution >= 0.6 is 23.8 Å². The molecule has 0 radical (unpaired) electrons. The molecule has 0 saturated carbocycles. The quantitative estimate of drug-likeness (QED) is 0.742. The molecule has 2 N–H and O–H groups in total. The number of thiocarbonyl (C=S) groups is 1. The minimum absolute atomic E-state index is 0.0666. The highest BCUT2D eigenvalue weighted by Crippen LogP contribution is 2.30. The van der Waals surface area contributed by atoms with Crippen molar-refractivity contribution in [3.63, 3.8) is 0 Å². The second kappa shape index (κ2) is 5.47. The van der Waals surface area contributed by atoms with Gasteiger partial charge >= 0.3 is 0 Å². The first kappa shape index (κ1) is 14.0. The first-order valence-electron chi connectivity index (χ1n) is 6.60. The van der Waals surface area contributed by atoms with Crippen LogP contribution < -0.4 is 5.73 Å². The Balaban J connectivity index is 2.28. The van der Waals surface area contributed by atoms with Crippen molar-refractivity contribution in [3.05, 3.63) is 59.4 Å². The van der Waals surface area contributed by atoms with Gasteiger partial charge in [-0.25, -0.2) is 4.98 Å². The molecule has 3 aromatic rings. The summed E-state index contributed by atoms with van der Waals surface area (Å²) < 4.78 is 2.04. The highest BCUT2D eigenvalue weighted by Gasteiger charge is 2.20. The normalized spacial score (nSPS) is 12.5. The molecule has 0 saturated heterocycles. The molecular weight excluding hydrogens is 302 g/mol. The number of fused-ring (bicyclic) bond motifs is 1. The molecule has 0 amide bonds. The van der Waals surface area contributed by atoms with Crippen LogP contribution in [0.1, 0.15) is 18.5 Å². The summed E-state index contributed by atoms with van der Waals surface area (Å²) in [5.41, 5.74) is 9.62.